The molecule has 166 valence electrons. The number of anilines is 1. The largest absolute Gasteiger partial charge is 0.497 e. The summed E-state index contributed by atoms with van der Waals surface area (Å²) in [6.45, 7) is 0.467. The minimum Gasteiger partial charge on any atom is -0.497 e. The van der Waals surface area contributed by atoms with E-state index in [0.29, 0.717) is 23.5 Å². The first-order chi connectivity index (χ1) is 15.4. The van der Waals surface area contributed by atoms with Crippen molar-refractivity contribution in [3.05, 3.63) is 84.2 Å². The zero-order chi connectivity index (χ0) is 22.7. The first-order valence-corrected chi connectivity index (χ1v) is 11.8. The summed E-state index contributed by atoms with van der Waals surface area (Å²) in [6.07, 6.45) is 5.31. The first kappa shape index (κ1) is 21.8. The summed E-state index contributed by atoms with van der Waals surface area (Å²) in [4.78, 5) is 19.2. The Morgan fingerprint density at radius 3 is 2.38 bits per heavy atom. The number of benzene rings is 2. The molecule has 7 nitrogen and oxygen atoms in total. The van der Waals surface area contributed by atoms with Gasteiger partial charge in [0.05, 0.1) is 17.7 Å². The number of carbonyl (C=O) groups is 1. The quantitative estimate of drug-likeness (QED) is 0.522. The van der Waals surface area contributed by atoms with Gasteiger partial charge in [0, 0.05) is 37.6 Å². The van der Waals surface area contributed by atoms with E-state index in [4.69, 9.17) is 4.74 Å². The third kappa shape index (κ3) is 4.60. The number of amides is 1. The molecule has 0 aliphatic heterocycles. The van der Waals surface area contributed by atoms with Crippen LogP contribution in [0.3, 0.4) is 0 Å². The highest BCUT2D eigenvalue weighted by Crippen LogP contribution is 2.31. The fourth-order valence-corrected chi connectivity index (χ4v) is 4.72. The number of carbonyl (C=O) groups excluding carboxylic acids is 1. The van der Waals surface area contributed by atoms with Crippen molar-refractivity contribution in [3.63, 3.8) is 0 Å². The van der Waals surface area contributed by atoms with Crippen molar-refractivity contribution in [2.75, 3.05) is 18.5 Å². The number of methoxy groups -OCH3 is 1. The number of aromatic nitrogens is 1. The van der Waals surface area contributed by atoms with Crippen LogP contribution >= 0.6 is 0 Å². The normalized spacial score (nSPS) is 13.4. The second-order valence-corrected chi connectivity index (χ2v) is 9.69. The van der Waals surface area contributed by atoms with Gasteiger partial charge in [-0.2, -0.15) is 0 Å². The Morgan fingerprint density at radius 1 is 1.06 bits per heavy atom. The van der Waals surface area contributed by atoms with Crippen LogP contribution in [0.4, 0.5) is 5.69 Å². The van der Waals surface area contributed by atoms with Crippen LogP contribution in [0.1, 0.15) is 28.8 Å². The predicted octanol–water partition coefficient (Wildman–Crippen LogP) is 3.72. The Labute approximate surface area is 188 Å². The van der Waals surface area contributed by atoms with Crippen molar-refractivity contribution < 1.29 is 17.9 Å². The minimum absolute atomic E-state index is 0.0707. The van der Waals surface area contributed by atoms with Gasteiger partial charge in [-0.1, -0.05) is 6.07 Å². The maximum absolute atomic E-state index is 13.3. The van der Waals surface area contributed by atoms with Crippen molar-refractivity contribution in [1.29, 1.82) is 0 Å². The van der Waals surface area contributed by atoms with Gasteiger partial charge in [0.15, 0.2) is 0 Å². The lowest BCUT2D eigenvalue weighted by molar-refractivity contribution is 0.0729. The van der Waals surface area contributed by atoms with Crippen LogP contribution in [0, 0.1) is 0 Å². The summed E-state index contributed by atoms with van der Waals surface area (Å²) in [5.41, 5.74) is 1.85. The van der Waals surface area contributed by atoms with Crippen LogP contribution in [0.25, 0.3) is 0 Å². The molecule has 8 heteroatoms. The van der Waals surface area contributed by atoms with Gasteiger partial charge in [-0.3, -0.25) is 14.1 Å². The van der Waals surface area contributed by atoms with Gasteiger partial charge >= 0.3 is 0 Å². The Hall–Kier alpha value is -3.39. The molecule has 0 spiro atoms. The van der Waals surface area contributed by atoms with E-state index >= 15 is 0 Å². The highest BCUT2D eigenvalue weighted by atomic mass is 32.2. The summed E-state index contributed by atoms with van der Waals surface area (Å²) < 4.78 is 32.8. The van der Waals surface area contributed by atoms with E-state index < -0.39 is 10.0 Å². The number of pyridine rings is 1. The monoisotopic (exact) mass is 451 g/mol. The Bertz CT molecular complexity index is 1190. The van der Waals surface area contributed by atoms with Crippen LogP contribution < -0.4 is 9.04 Å². The van der Waals surface area contributed by atoms with Gasteiger partial charge in [-0.15, -0.1) is 0 Å². The highest BCUT2D eigenvalue weighted by molar-refractivity contribution is 7.92. The van der Waals surface area contributed by atoms with Crippen molar-refractivity contribution in [2.24, 2.45) is 0 Å². The SMILES string of the molecule is COc1ccc(N(C)S(=O)(=O)c2cccc(C(=O)N(Cc3ccncc3)C3CC3)c2)cc1. The number of hydrogen-bond donors (Lipinski definition) is 0. The van der Waals surface area contributed by atoms with E-state index in [2.05, 4.69) is 4.98 Å². The topological polar surface area (TPSA) is 79.8 Å². The van der Waals surface area contributed by atoms with E-state index in [1.54, 1.807) is 55.9 Å². The van der Waals surface area contributed by atoms with Crippen LogP contribution in [0.15, 0.2) is 78.0 Å². The molecular formula is C24H25N3O4S. The summed E-state index contributed by atoms with van der Waals surface area (Å²) in [7, 11) is -0.799. The Morgan fingerprint density at radius 2 is 1.75 bits per heavy atom. The average Bonchev–Trinajstić information content (AvgIpc) is 3.68. The Kier molecular flexibility index (Phi) is 6.14. The number of nitrogens with zero attached hydrogens (tertiary/aromatic N) is 3. The lowest BCUT2D eigenvalue weighted by atomic mass is 10.1. The third-order valence-corrected chi connectivity index (χ3v) is 7.31. The molecule has 2 aromatic carbocycles. The molecular weight excluding hydrogens is 426 g/mol. The molecule has 1 aliphatic rings. The smallest absolute Gasteiger partial charge is 0.264 e. The van der Waals surface area contributed by atoms with E-state index in [-0.39, 0.29) is 16.8 Å². The number of ether oxygens (including phenoxy) is 1. The summed E-state index contributed by atoms with van der Waals surface area (Å²) in [5.74, 6) is 0.468. The number of sulfonamides is 1. The second-order valence-electron chi connectivity index (χ2n) is 7.72. The third-order valence-electron chi connectivity index (χ3n) is 5.53. The minimum atomic E-state index is -3.84. The molecule has 0 unspecified atom stereocenters. The van der Waals surface area contributed by atoms with Crippen molar-refractivity contribution in [1.82, 2.24) is 9.88 Å². The van der Waals surface area contributed by atoms with Crippen LogP contribution in [0.5, 0.6) is 5.75 Å². The van der Waals surface area contributed by atoms with Crippen LogP contribution in [-0.4, -0.2) is 44.4 Å². The molecule has 1 aromatic heterocycles. The van der Waals surface area contributed by atoms with E-state index in [9.17, 15) is 13.2 Å². The van der Waals surface area contributed by atoms with Gasteiger partial charge in [-0.25, -0.2) is 8.42 Å². The molecule has 1 heterocycles. The highest BCUT2D eigenvalue weighted by Gasteiger charge is 2.33. The molecule has 4 rings (SSSR count). The van der Waals surface area contributed by atoms with Crippen molar-refractivity contribution in [2.45, 2.75) is 30.3 Å². The van der Waals surface area contributed by atoms with E-state index in [0.717, 1.165) is 18.4 Å². The molecule has 3 aromatic rings. The number of rotatable bonds is 8. The molecule has 0 radical (unpaired) electrons. The van der Waals surface area contributed by atoms with Crippen molar-refractivity contribution >= 4 is 21.6 Å². The van der Waals surface area contributed by atoms with Crippen LogP contribution in [0.2, 0.25) is 0 Å². The Balaban J connectivity index is 1.59. The first-order valence-electron chi connectivity index (χ1n) is 10.3. The molecule has 32 heavy (non-hydrogen) atoms. The summed E-state index contributed by atoms with van der Waals surface area (Å²) >= 11 is 0. The fourth-order valence-electron chi connectivity index (χ4n) is 3.48. The molecule has 0 saturated heterocycles. The lowest BCUT2D eigenvalue weighted by Gasteiger charge is -2.23. The molecule has 1 saturated carbocycles. The molecule has 1 aliphatic carbocycles. The van der Waals surface area contributed by atoms with Gasteiger partial charge < -0.3 is 9.64 Å². The van der Waals surface area contributed by atoms with Gasteiger partial charge in [-0.05, 0) is 73.0 Å². The van der Waals surface area contributed by atoms with E-state index in [1.165, 1.54) is 23.5 Å². The van der Waals surface area contributed by atoms with E-state index in [1.807, 2.05) is 17.0 Å². The summed E-state index contributed by atoms with van der Waals surface area (Å²) in [5, 5.41) is 0. The lowest BCUT2D eigenvalue weighted by Crippen LogP contribution is -2.33. The van der Waals surface area contributed by atoms with Gasteiger partial charge in [0.25, 0.3) is 15.9 Å². The molecule has 0 N–H and O–H groups in total. The zero-order valence-electron chi connectivity index (χ0n) is 18.0. The standard InChI is InChI=1S/C24H25N3O4S/c1-26(20-8-10-22(31-2)11-9-20)32(29,30)23-5-3-4-19(16-23)24(28)27(21-6-7-21)17-18-12-14-25-15-13-18/h3-5,8-16,21H,6-7,17H2,1-2H3. The van der Waals surface area contributed by atoms with Gasteiger partial charge in [0.1, 0.15) is 5.75 Å². The van der Waals surface area contributed by atoms with Gasteiger partial charge in [0.2, 0.25) is 0 Å². The van der Waals surface area contributed by atoms with Crippen LogP contribution in [-0.2, 0) is 16.6 Å². The second kappa shape index (κ2) is 9.00. The molecule has 0 bridgehead atoms. The predicted molar refractivity (Wildman–Crippen MR) is 122 cm³/mol. The maximum Gasteiger partial charge on any atom is 0.264 e. The molecule has 1 amide bonds. The fraction of sp³-hybridized carbons (Fsp3) is 0.250. The summed E-state index contributed by atoms with van der Waals surface area (Å²) in [6, 6.07) is 16.9. The number of hydrogen-bond acceptors (Lipinski definition) is 5. The zero-order valence-corrected chi connectivity index (χ0v) is 18.8. The average molecular weight is 452 g/mol. The molecule has 0 atom stereocenters. The van der Waals surface area contributed by atoms with Crippen molar-refractivity contribution in [3.8, 4) is 5.75 Å². The molecule has 1 fully saturated rings. The maximum atomic E-state index is 13.3.